The molecule has 0 saturated carbocycles. The molecule has 0 unspecified atom stereocenters. The predicted molar refractivity (Wildman–Crippen MR) is 46.7 cm³/mol. The second-order valence-electron chi connectivity index (χ2n) is 4.30. The van der Waals surface area contributed by atoms with E-state index in [1.807, 2.05) is 0 Å². The summed E-state index contributed by atoms with van der Waals surface area (Å²) in [4.78, 5) is 2.40. The lowest BCUT2D eigenvalue weighted by Crippen LogP contribution is -2.45. The Morgan fingerprint density at radius 2 is 2.00 bits per heavy atom. The summed E-state index contributed by atoms with van der Waals surface area (Å²) in [6.45, 7) is 8.57. The molecule has 2 nitrogen and oxygen atoms in total. The molecular formula is C9H19NO. The lowest BCUT2D eigenvalue weighted by atomic mass is 10.0. The van der Waals surface area contributed by atoms with Crippen molar-refractivity contribution in [2.24, 2.45) is 0 Å². The van der Waals surface area contributed by atoms with Crippen molar-refractivity contribution >= 4 is 0 Å². The van der Waals surface area contributed by atoms with Gasteiger partial charge >= 0.3 is 0 Å². The van der Waals surface area contributed by atoms with E-state index < -0.39 is 0 Å². The van der Waals surface area contributed by atoms with Crippen LogP contribution in [-0.4, -0.2) is 36.7 Å². The first kappa shape index (κ1) is 9.01. The van der Waals surface area contributed by atoms with Crippen molar-refractivity contribution in [2.75, 3.05) is 20.3 Å². The molecule has 1 rings (SSSR count). The summed E-state index contributed by atoms with van der Waals surface area (Å²) in [7, 11) is 2.18. The monoisotopic (exact) mass is 157 g/mol. The number of ether oxygens (including phenoxy) is 1. The van der Waals surface area contributed by atoms with E-state index >= 15 is 0 Å². The van der Waals surface area contributed by atoms with Crippen LogP contribution in [0.4, 0.5) is 0 Å². The van der Waals surface area contributed by atoms with E-state index in [1.54, 1.807) is 0 Å². The third-order valence-corrected chi connectivity index (χ3v) is 2.51. The molecule has 1 heterocycles. The first-order chi connectivity index (χ1) is 5.02. The topological polar surface area (TPSA) is 12.5 Å². The Bertz CT molecular complexity index is 122. The molecule has 1 aliphatic heterocycles. The molecule has 1 saturated heterocycles. The molecule has 0 N–H and O–H groups in total. The number of hydrogen-bond donors (Lipinski definition) is 0. The summed E-state index contributed by atoms with van der Waals surface area (Å²) in [5.74, 6) is 0. The van der Waals surface area contributed by atoms with Gasteiger partial charge in [0.15, 0.2) is 0 Å². The van der Waals surface area contributed by atoms with Gasteiger partial charge in [0, 0.05) is 18.2 Å². The molecule has 66 valence electrons. The second kappa shape index (κ2) is 3.11. The molecule has 0 aromatic heterocycles. The molecule has 1 aliphatic rings. The van der Waals surface area contributed by atoms with Crippen LogP contribution in [0, 0.1) is 0 Å². The predicted octanol–water partition coefficient (Wildman–Crippen LogP) is 1.51. The first-order valence-electron chi connectivity index (χ1n) is 4.32. The summed E-state index contributed by atoms with van der Waals surface area (Å²) in [5.41, 5.74) is 0.276. The highest BCUT2D eigenvalue weighted by atomic mass is 16.5. The minimum Gasteiger partial charge on any atom is -0.380 e. The Kier molecular flexibility index (Phi) is 2.55. The quantitative estimate of drug-likeness (QED) is 0.572. The van der Waals surface area contributed by atoms with Gasteiger partial charge in [-0.3, -0.25) is 4.90 Å². The van der Waals surface area contributed by atoms with E-state index in [0.29, 0.717) is 6.04 Å². The minimum atomic E-state index is 0.276. The van der Waals surface area contributed by atoms with Gasteiger partial charge in [-0.05, 0) is 34.2 Å². The van der Waals surface area contributed by atoms with Crippen LogP contribution in [0.2, 0.25) is 0 Å². The van der Waals surface area contributed by atoms with Crippen LogP contribution in [0.15, 0.2) is 0 Å². The van der Waals surface area contributed by atoms with Crippen molar-refractivity contribution in [2.45, 2.75) is 38.8 Å². The van der Waals surface area contributed by atoms with Crippen LogP contribution >= 0.6 is 0 Å². The SMILES string of the molecule is CN([C@@H]1CCOC1)C(C)(C)C. The Hall–Kier alpha value is -0.0800. The van der Waals surface area contributed by atoms with Gasteiger partial charge in [-0.15, -0.1) is 0 Å². The average Bonchev–Trinajstić information content (AvgIpc) is 2.34. The Morgan fingerprint density at radius 1 is 1.36 bits per heavy atom. The van der Waals surface area contributed by atoms with E-state index in [9.17, 15) is 0 Å². The van der Waals surface area contributed by atoms with Gasteiger partial charge in [0.2, 0.25) is 0 Å². The smallest absolute Gasteiger partial charge is 0.0622 e. The van der Waals surface area contributed by atoms with Crippen molar-refractivity contribution in [3.05, 3.63) is 0 Å². The summed E-state index contributed by atoms with van der Waals surface area (Å²) < 4.78 is 5.33. The van der Waals surface area contributed by atoms with Gasteiger partial charge in [0.25, 0.3) is 0 Å². The van der Waals surface area contributed by atoms with Gasteiger partial charge in [0.05, 0.1) is 6.61 Å². The maximum atomic E-state index is 5.33. The largest absolute Gasteiger partial charge is 0.380 e. The minimum absolute atomic E-state index is 0.276. The molecule has 11 heavy (non-hydrogen) atoms. The number of hydrogen-bond acceptors (Lipinski definition) is 2. The summed E-state index contributed by atoms with van der Waals surface area (Å²) in [6.07, 6.45) is 1.19. The van der Waals surface area contributed by atoms with E-state index in [-0.39, 0.29) is 5.54 Å². The number of nitrogens with zero attached hydrogens (tertiary/aromatic N) is 1. The molecule has 2 heteroatoms. The van der Waals surface area contributed by atoms with Crippen molar-refractivity contribution in [3.8, 4) is 0 Å². The normalized spacial score (nSPS) is 26.5. The Morgan fingerprint density at radius 3 is 2.36 bits per heavy atom. The zero-order valence-electron chi connectivity index (χ0n) is 8.05. The lowest BCUT2D eigenvalue weighted by molar-refractivity contribution is 0.0971. The molecule has 0 aromatic carbocycles. The molecule has 0 spiro atoms. The molecular weight excluding hydrogens is 138 g/mol. The highest BCUT2D eigenvalue weighted by Gasteiger charge is 2.27. The van der Waals surface area contributed by atoms with Crippen LogP contribution in [0.3, 0.4) is 0 Å². The van der Waals surface area contributed by atoms with Gasteiger partial charge in [-0.2, -0.15) is 0 Å². The number of rotatable bonds is 1. The molecule has 0 bridgehead atoms. The summed E-state index contributed by atoms with van der Waals surface area (Å²) in [5, 5.41) is 0. The Balaban J connectivity index is 2.46. The van der Waals surface area contributed by atoms with Crippen molar-refractivity contribution in [3.63, 3.8) is 0 Å². The first-order valence-corrected chi connectivity index (χ1v) is 4.32. The zero-order valence-corrected chi connectivity index (χ0v) is 8.05. The molecule has 1 atom stereocenters. The third-order valence-electron chi connectivity index (χ3n) is 2.51. The van der Waals surface area contributed by atoms with E-state index in [4.69, 9.17) is 4.74 Å². The highest BCUT2D eigenvalue weighted by molar-refractivity contribution is 4.82. The van der Waals surface area contributed by atoms with Crippen LogP contribution in [0.1, 0.15) is 27.2 Å². The fraction of sp³-hybridized carbons (Fsp3) is 1.00. The molecule has 0 amide bonds. The van der Waals surface area contributed by atoms with Gasteiger partial charge in [-0.25, -0.2) is 0 Å². The van der Waals surface area contributed by atoms with Crippen molar-refractivity contribution in [1.29, 1.82) is 0 Å². The molecule has 0 aliphatic carbocycles. The molecule has 1 fully saturated rings. The van der Waals surface area contributed by atoms with E-state index in [1.165, 1.54) is 6.42 Å². The van der Waals surface area contributed by atoms with E-state index in [2.05, 4.69) is 32.7 Å². The van der Waals surface area contributed by atoms with Crippen LogP contribution in [0.5, 0.6) is 0 Å². The van der Waals surface area contributed by atoms with Gasteiger partial charge in [0.1, 0.15) is 0 Å². The fourth-order valence-corrected chi connectivity index (χ4v) is 1.38. The summed E-state index contributed by atoms with van der Waals surface area (Å²) >= 11 is 0. The molecule has 0 aromatic rings. The van der Waals surface area contributed by atoms with Crippen molar-refractivity contribution < 1.29 is 4.74 Å². The zero-order chi connectivity index (χ0) is 8.48. The lowest BCUT2D eigenvalue weighted by Gasteiger charge is -2.36. The van der Waals surface area contributed by atoms with Crippen LogP contribution in [0.25, 0.3) is 0 Å². The van der Waals surface area contributed by atoms with Gasteiger partial charge in [-0.1, -0.05) is 0 Å². The third kappa shape index (κ3) is 2.17. The van der Waals surface area contributed by atoms with Gasteiger partial charge < -0.3 is 4.74 Å². The van der Waals surface area contributed by atoms with Crippen LogP contribution in [-0.2, 0) is 4.74 Å². The summed E-state index contributed by atoms with van der Waals surface area (Å²) in [6, 6.07) is 0.634. The standard InChI is InChI=1S/C9H19NO/c1-9(2,3)10(4)8-5-6-11-7-8/h8H,5-7H2,1-4H3/t8-/m1/s1. The second-order valence-corrected chi connectivity index (χ2v) is 4.30. The van der Waals surface area contributed by atoms with Crippen molar-refractivity contribution in [1.82, 2.24) is 4.90 Å². The molecule has 0 radical (unpaired) electrons. The Labute approximate surface area is 69.5 Å². The number of likely N-dealkylation sites (N-methyl/N-ethyl adjacent to an activating group) is 1. The van der Waals surface area contributed by atoms with Crippen LogP contribution < -0.4 is 0 Å². The highest BCUT2D eigenvalue weighted by Crippen LogP contribution is 2.19. The maximum Gasteiger partial charge on any atom is 0.0622 e. The van der Waals surface area contributed by atoms with E-state index in [0.717, 1.165) is 13.2 Å². The maximum absolute atomic E-state index is 5.33. The average molecular weight is 157 g/mol. The fourth-order valence-electron chi connectivity index (χ4n) is 1.38.